The fourth-order valence-corrected chi connectivity index (χ4v) is 3.12. The molecule has 2 fully saturated rings. The predicted molar refractivity (Wildman–Crippen MR) is 76.1 cm³/mol. The van der Waals surface area contributed by atoms with Gasteiger partial charge in [0.15, 0.2) is 0 Å². The Bertz CT molecular complexity index is 340. The molecule has 20 heavy (non-hydrogen) atoms. The number of hydrogen-bond donors (Lipinski definition) is 1. The first-order chi connectivity index (χ1) is 9.70. The van der Waals surface area contributed by atoms with Crippen molar-refractivity contribution in [2.45, 2.75) is 39.0 Å². The Morgan fingerprint density at radius 1 is 1.25 bits per heavy atom. The summed E-state index contributed by atoms with van der Waals surface area (Å²) in [6.45, 7) is 5.61. The molecule has 0 aliphatic carbocycles. The standard InChI is InChI=1S/C15H26N2O3/c1-2-20-15(19)13-4-3-9-17(11-13)14(18)10-12-5-7-16-8-6-12/h12-13,16H,2-11H2,1H3. The highest BCUT2D eigenvalue weighted by molar-refractivity contribution is 5.78. The van der Waals surface area contributed by atoms with Crippen molar-refractivity contribution >= 4 is 11.9 Å². The molecule has 0 aromatic carbocycles. The van der Waals surface area contributed by atoms with Gasteiger partial charge in [-0.25, -0.2) is 0 Å². The van der Waals surface area contributed by atoms with Crippen LogP contribution in [0.15, 0.2) is 0 Å². The van der Waals surface area contributed by atoms with Crippen molar-refractivity contribution in [2.24, 2.45) is 11.8 Å². The lowest BCUT2D eigenvalue weighted by Gasteiger charge is -2.33. The van der Waals surface area contributed by atoms with Crippen LogP contribution in [0.25, 0.3) is 0 Å². The van der Waals surface area contributed by atoms with E-state index in [0.29, 0.717) is 25.5 Å². The van der Waals surface area contributed by atoms with Crippen molar-refractivity contribution in [3.05, 3.63) is 0 Å². The highest BCUT2D eigenvalue weighted by atomic mass is 16.5. The third-order valence-electron chi connectivity index (χ3n) is 4.32. The van der Waals surface area contributed by atoms with Gasteiger partial charge >= 0.3 is 5.97 Å². The van der Waals surface area contributed by atoms with E-state index in [-0.39, 0.29) is 17.8 Å². The molecule has 2 aliphatic heterocycles. The van der Waals surface area contributed by atoms with Gasteiger partial charge in [-0.15, -0.1) is 0 Å². The molecule has 0 saturated carbocycles. The third-order valence-corrected chi connectivity index (χ3v) is 4.32. The average molecular weight is 282 g/mol. The molecule has 5 nitrogen and oxygen atoms in total. The van der Waals surface area contributed by atoms with Crippen LogP contribution in [0.4, 0.5) is 0 Å². The monoisotopic (exact) mass is 282 g/mol. The van der Waals surface area contributed by atoms with Gasteiger partial charge in [0.2, 0.25) is 5.91 Å². The molecule has 1 atom stereocenters. The van der Waals surface area contributed by atoms with E-state index in [2.05, 4.69) is 5.32 Å². The number of piperidine rings is 2. The number of carbonyl (C=O) groups is 2. The van der Waals surface area contributed by atoms with Crippen LogP contribution < -0.4 is 5.32 Å². The Hall–Kier alpha value is -1.10. The maximum atomic E-state index is 12.3. The van der Waals surface area contributed by atoms with E-state index in [1.54, 1.807) is 0 Å². The van der Waals surface area contributed by atoms with E-state index in [0.717, 1.165) is 45.3 Å². The fourth-order valence-electron chi connectivity index (χ4n) is 3.12. The van der Waals surface area contributed by atoms with Crippen molar-refractivity contribution in [3.63, 3.8) is 0 Å². The van der Waals surface area contributed by atoms with Gasteiger partial charge in [-0.1, -0.05) is 0 Å². The Morgan fingerprint density at radius 3 is 2.70 bits per heavy atom. The normalized spacial score (nSPS) is 24.4. The minimum Gasteiger partial charge on any atom is -0.466 e. The highest BCUT2D eigenvalue weighted by Crippen LogP contribution is 2.22. The van der Waals surface area contributed by atoms with Gasteiger partial charge in [0, 0.05) is 19.5 Å². The molecule has 2 saturated heterocycles. The van der Waals surface area contributed by atoms with E-state index in [1.165, 1.54) is 0 Å². The molecule has 0 radical (unpaired) electrons. The number of likely N-dealkylation sites (tertiary alicyclic amines) is 1. The summed E-state index contributed by atoms with van der Waals surface area (Å²) in [6, 6.07) is 0. The zero-order valence-electron chi connectivity index (χ0n) is 12.4. The van der Waals surface area contributed by atoms with Gasteiger partial charge in [-0.05, 0) is 51.6 Å². The summed E-state index contributed by atoms with van der Waals surface area (Å²) in [5, 5.41) is 3.32. The third kappa shape index (κ3) is 4.20. The summed E-state index contributed by atoms with van der Waals surface area (Å²) in [5.74, 6) is 0.449. The molecule has 114 valence electrons. The van der Waals surface area contributed by atoms with Gasteiger partial charge in [0.25, 0.3) is 0 Å². The van der Waals surface area contributed by atoms with Crippen LogP contribution in [0.2, 0.25) is 0 Å². The summed E-state index contributed by atoms with van der Waals surface area (Å²) in [5.41, 5.74) is 0. The van der Waals surface area contributed by atoms with E-state index in [1.807, 2.05) is 11.8 Å². The molecule has 2 heterocycles. The van der Waals surface area contributed by atoms with E-state index < -0.39 is 0 Å². The lowest BCUT2D eigenvalue weighted by molar-refractivity contribution is -0.151. The maximum Gasteiger partial charge on any atom is 0.310 e. The molecule has 0 aromatic rings. The molecule has 0 bridgehead atoms. The minimum atomic E-state index is -0.146. The topological polar surface area (TPSA) is 58.6 Å². The van der Waals surface area contributed by atoms with Crippen LogP contribution in [-0.2, 0) is 14.3 Å². The fraction of sp³-hybridized carbons (Fsp3) is 0.867. The molecule has 5 heteroatoms. The molecule has 1 unspecified atom stereocenters. The Kier molecular flexibility index (Phi) is 5.83. The zero-order chi connectivity index (χ0) is 14.4. The van der Waals surface area contributed by atoms with Crippen molar-refractivity contribution < 1.29 is 14.3 Å². The summed E-state index contributed by atoms with van der Waals surface area (Å²) in [6.07, 6.45) is 4.55. The Balaban J connectivity index is 1.81. The van der Waals surface area contributed by atoms with Crippen LogP contribution in [0, 0.1) is 11.8 Å². The lowest BCUT2D eigenvalue weighted by atomic mass is 9.92. The quantitative estimate of drug-likeness (QED) is 0.787. The minimum absolute atomic E-state index is 0.124. The van der Waals surface area contributed by atoms with Crippen LogP contribution in [0.1, 0.15) is 39.0 Å². The molecule has 1 N–H and O–H groups in total. The van der Waals surface area contributed by atoms with Crippen LogP contribution in [0.5, 0.6) is 0 Å². The van der Waals surface area contributed by atoms with Crippen molar-refractivity contribution in [3.8, 4) is 0 Å². The SMILES string of the molecule is CCOC(=O)C1CCCN(C(=O)CC2CCNCC2)C1. The smallest absolute Gasteiger partial charge is 0.310 e. The number of rotatable bonds is 4. The first-order valence-corrected chi connectivity index (χ1v) is 7.85. The summed E-state index contributed by atoms with van der Waals surface area (Å²) in [4.78, 5) is 26.0. The molecular formula is C15H26N2O3. The maximum absolute atomic E-state index is 12.3. The number of nitrogens with zero attached hydrogens (tertiary/aromatic N) is 1. The summed E-state index contributed by atoms with van der Waals surface area (Å²) >= 11 is 0. The number of ether oxygens (including phenoxy) is 1. The first kappa shape index (κ1) is 15.3. The van der Waals surface area contributed by atoms with Crippen LogP contribution >= 0.6 is 0 Å². The summed E-state index contributed by atoms with van der Waals surface area (Å²) in [7, 11) is 0. The zero-order valence-corrected chi connectivity index (χ0v) is 12.4. The second kappa shape index (κ2) is 7.62. The summed E-state index contributed by atoms with van der Waals surface area (Å²) < 4.78 is 5.07. The largest absolute Gasteiger partial charge is 0.466 e. The Labute approximate surface area is 121 Å². The number of hydrogen-bond acceptors (Lipinski definition) is 4. The first-order valence-electron chi connectivity index (χ1n) is 7.85. The molecular weight excluding hydrogens is 256 g/mol. The second-order valence-electron chi connectivity index (χ2n) is 5.83. The van der Waals surface area contributed by atoms with Gasteiger partial charge in [-0.2, -0.15) is 0 Å². The van der Waals surface area contributed by atoms with E-state index in [4.69, 9.17) is 4.74 Å². The molecule has 0 aromatic heterocycles. The number of nitrogens with one attached hydrogen (secondary N) is 1. The molecule has 1 amide bonds. The van der Waals surface area contributed by atoms with E-state index >= 15 is 0 Å². The van der Waals surface area contributed by atoms with Crippen molar-refractivity contribution in [2.75, 3.05) is 32.8 Å². The lowest BCUT2D eigenvalue weighted by Crippen LogP contribution is -2.43. The second-order valence-corrected chi connectivity index (χ2v) is 5.83. The highest BCUT2D eigenvalue weighted by Gasteiger charge is 2.30. The van der Waals surface area contributed by atoms with Crippen LogP contribution in [0.3, 0.4) is 0 Å². The van der Waals surface area contributed by atoms with E-state index in [9.17, 15) is 9.59 Å². The van der Waals surface area contributed by atoms with Gasteiger partial charge < -0.3 is 15.0 Å². The number of carbonyl (C=O) groups excluding carboxylic acids is 2. The van der Waals surface area contributed by atoms with Gasteiger partial charge in [-0.3, -0.25) is 9.59 Å². The van der Waals surface area contributed by atoms with Gasteiger partial charge in [0.1, 0.15) is 0 Å². The van der Waals surface area contributed by atoms with Crippen LogP contribution in [-0.4, -0.2) is 49.6 Å². The molecule has 2 aliphatic rings. The number of amides is 1. The van der Waals surface area contributed by atoms with Crippen molar-refractivity contribution in [1.82, 2.24) is 10.2 Å². The predicted octanol–water partition coefficient (Wildman–Crippen LogP) is 1.18. The van der Waals surface area contributed by atoms with Gasteiger partial charge in [0.05, 0.1) is 12.5 Å². The molecule has 0 spiro atoms. The molecule has 2 rings (SSSR count). The number of esters is 1. The van der Waals surface area contributed by atoms with Crippen molar-refractivity contribution in [1.29, 1.82) is 0 Å². The Morgan fingerprint density at radius 2 is 2.00 bits per heavy atom. The average Bonchev–Trinajstić information content (AvgIpc) is 2.48.